The maximum absolute atomic E-state index is 13.6. The van der Waals surface area contributed by atoms with Gasteiger partial charge < -0.3 is 14.6 Å². The molecule has 1 saturated heterocycles. The van der Waals surface area contributed by atoms with Crippen LogP contribution < -0.4 is 4.74 Å². The SMILES string of the molecule is COc1ccc2nc(C3CCCN3C(=O)c3cnc(C)nc3-c3ccccc3)[nH]c2c1. The Labute approximate surface area is 180 Å². The molecule has 1 unspecified atom stereocenters. The summed E-state index contributed by atoms with van der Waals surface area (Å²) in [6, 6.07) is 15.4. The summed E-state index contributed by atoms with van der Waals surface area (Å²) in [7, 11) is 1.64. The molecule has 3 heterocycles. The Balaban J connectivity index is 1.51. The number of carbonyl (C=O) groups excluding carboxylic acids is 1. The van der Waals surface area contributed by atoms with Crippen molar-refractivity contribution in [3.63, 3.8) is 0 Å². The number of hydrogen-bond acceptors (Lipinski definition) is 5. The summed E-state index contributed by atoms with van der Waals surface area (Å²) in [6.07, 6.45) is 3.42. The zero-order valence-corrected chi connectivity index (χ0v) is 17.5. The summed E-state index contributed by atoms with van der Waals surface area (Å²) in [6.45, 7) is 2.51. The van der Waals surface area contributed by atoms with Crippen molar-refractivity contribution in [3.8, 4) is 17.0 Å². The summed E-state index contributed by atoms with van der Waals surface area (Å²) < 4.78 is 5.31. The van der Waals surface area contributed by atoms with Gasteiger partial charge in [0.2, 0.25) is 0 Å². The molecule has 0 bridgehead atoms. The van der Waals surface area contributed by atoms with E-state index in [0.29, 0.717) is 23.6 Å². The first kappa shape index (κ1) is 19.2. The number of nitrogens with zero attached hydrogens (tertiary/aromatic N) is 4. The third-order valence-electron chi connectivity index (χ3n) is 5.72. The fourth-order valence-corrected chi connectivity index (χ4v) is 4.18. The molecule has 0 saturated carbocycles. The average molecular weight is 413 g/mol. The predicted molar refractivity (Wildman–Crippen MR) is 118 cm³/mol. The number of amides is 1. The predicted octanol–water partition coefficient (Wildman–Crippen LogP) is 4.31. The van der Waals surface area contributed by atoms with E-state index in [1.54, 1.807) is 13.3 Å². The van der Waals surface area contributed by atoms with Gasteiger partial charge in [-0.2, -0.15) is 0 Å². The van der Waals surface area contributed by atoms with Gasteiger partial charge in [-0.05, 0) is 31.9 Å². The summed E-state index contributed by atoms with van der Waals surface area (Å²) in [5.41, 5.74) is 3.85. The number of aromatic nitrogens is 4. The van der Waals surface area contributed by atoms with Crippen molar-refractivity contribution in [2.24, 2.45) is 0 Å². The summed E-state index contributed by atoms with van der Waals surface area (Å²) in [5, 5.41) is 0. The Bertz CT molecular complexity index is 1250. The van der Waals surface area contributed by atoms with Gasteiger partial charge in [0.25, 0.3) is 5.91 Å². The van der Waals surface area contributed by atoms with Gasteiger partial charge in [-0.25, -0.2) is 15.0 Å². The normalized spacial score (nSPS) is 16.1. The van der Waals surface area contributed by atoms with Crippen LogP contribution >= 0.6 is 0 Å². The molecule has 1 aliphatic rings. The van der Waals surface area contributed by atoms with E-state index in [-0.39, 0.29) is 11.9 Å². The highest BCUT2D eigenvalue weighted by Gasteiger charge is 2.34. The van der Waals surface area contributed by atoms with E-state index in [1.165, 1.54) is 0 Å². The molecule has 1 fully saturated rings. The van der Waals surface area contributed by atoms with Crippen LogP contribution in [0, 0.1) is 6.92 Å². The van der Waals surface area contributed by atoms with Crippen LogP contribution in [0.4, 0.5) is 0 Å². The molecule has 1 amide bonds. The van der Waals surface area contributed by atoms with Crippen molar-refractivity contribution < 1.29 is 9.53 Å². The second-order valence-corrected chi connectivity index (χ2v) is 7.71. The zero-order valence-electron chi connectivity index (χ0n) is 17.5. The molecule has 4 aromatic rings. The first-order chi connectivity index (χ1) is 15.1. The van der Waals surface area contributed by atoms with Gasteiger partial charge in [-0.15, -0.1) is 0 Å². The molecule has 5 rings (SSSR count). The first-order valence-electron chi connectivity index (χ1n) is 10.4. The van der Waals surface area contributed by atoms with Gasteiger partial charge in [0.05, 0.1) is 35.4 Å². The maximum Gasteiger partial charge on any atom is 0.258 e. The number of benzene rings is 2. The Hall–Kier alpha value is -3.74. The molecule has 1 N–H and O–H groups in total. The zero-order chi connectivity index (χ0) is 21.4. The number of H-pyrrole nitrogens is 1. The van der Waals surface area contributed by atoms with Crippen molar-refractivity contribution >= 4 is 16.9 Å². The third kappa shape index (κ3) is 3.52. The quantitative estimate of drug-likeness (QED) is 0.539. The van der Waals surface area contributed by atoms with Crippen LogP contribution in [0.25, 0.3) is 22.3 Å². The van der Waals surface area contributed by atoms with Crippen molar-refractivity contribution in [1.82, 2.24) is 24.8 Å². The Morgan fingerprint density at radius 3 is 2.81 bits per heavy atom. The molecular formula is C24H23N5O2. The Morgan fingerprint density at radius 1 is 1.16 bits per heavy atom. The first-order valence-corrected chi connectivity index (χ1v) is 10.4. The molecule has 0 aliphatic carbocycles. The fraction of sp³-hybridized carbons (Fsp3) is 0.250. The van der Waals surface area contributed by atoms with Crippen molar-refractivity contribution in [1.29, 1.82) is 0 Å². The number of rotatable bonds is 4. The van der Waals surface area contributed by atoms with E-state index in [0.717, 1.165) is 41.0 Å². The number of hydrogen-bond donors (Lipinski definition) is 1. The van der Waals surface area contributed by atoms with Crippen molar-refractivity contribution in [2.45, 2.75) is 25.8 Å². The molecular weight excluding hydrogens is 390 g/mol. The van der Waals surface area contributed by atoms with Crippen LogP contribution in [-0.2, 0) is 0 Å². The number of aromatic amines is 1. The van der Waals surface area contributed by atoms with Crippen LogP contribution in [0.2, 0.25) is 0 Å². The number of likely N-dealkylation sites (tertiary alicyclic amines) is 1. The molecule has 7 nitrogen and oxygen atoms in total. The van der Waals surface area contributed by atoms with Gasteiger partial charge in [-0.3, -0.25) is 4.79 Å². The number of aryl methyl sites for hydroxylation is 1. The number of fused-ring (bicyclic) bond motifs is 1. The number of nitrogens with one attached hydrogen (secondary N) is 1. The number of carbonyl (C=O) groups is 1. The smallest absolute Gasteiger partial charge is 0.258 e. The van der Waals surface area contributed by atoms with Crippen molar-refractivity contribution in [2.75, 3.05) is 13.7 Å². The van der Waals surface area contributed by atoms with E-state index in [2.05, 4.69) is 15.0 Å². The number of methoxy groups -OCH3 is 1. The minimum absolute atomic E-state index is 0.0700. The third-order valence-corrected chi connectivity index (χ3v) is 5.72. The average Bonchev–Trinajstić information content (AvgIpc) is 3.45. The van der Waals surface area contributed by atoms with Gasteiger partial charge >= 0.3 is 0 Å². The molecule has 31 heavy (non-hydrogen) atoms. The second-order valence-electron chi connectivity index (χ2n) is 7.71. The minimum atomic E-state index is -0.115. The highest BCUT2D eigenvalue weighted by Crippen LogP contribution is 2.34. The molecule has 0 spiro atoms. The molecule has 1 atom stereocenters. The lowest BCUT2D eigenvalue weighted by Crippen LogP contribution is -2.31. The largest absolute Gasteiger partial charge is 0.497 e. The van der Waals surface area contributed by atoms with Gasteiger partial charge in [0.1, 0.15) is 17.4 Å². The molecule has 7 heteroatoms. The van der Waals surface area contributed by atoms with E-state index >= 15 is 0 Å². The van der Waals surface area contributed by atoms with E-state index in [4.69, 9.17) is 9.72 Å². The molecule has 1 aliphatic heterocycles. The summed E-state index contributed by atoms with van der Waals surface area (Å²) in [4.78, 5) is 32.6. The lowest BCUT2D eigenvalue weighted by atomic mass is 10.1. The maximum atomic E-state index is 13.6. The monoisotopic (exact) mass is 413 g/mol. The topological polar surface area (TPSA) is 84.0 Å². The van der Waals surface area contributed by atoms with Crippen LogP contribution in [0.3, 0.4) is 0 Å². The molecule has 0 radical (unpaired) electrons. The fourth-order valence-electron chi connectivity index (χ4n) is 4.18. The highest BCUT2D eigenvalue weighted by molar-refractivity contribution is 6.00. The van der Waals surface area contributed by atoms with Gasteiger partial charge in [0, 0.05) is 24.4 Å². The number of imidazole rings is 1. The lowest BCUT2D eigenvalue weighted by molar-refractivity contribution is 0.0730. The summed E-state index contributed by atoms with van der Waals surface area (Å²) in [5.74, 6) is 2.13. The number of ether oxygens (including phenoxy) is 1. The Kier molecular flexibility index (Phi) is 4.86. The van der Waals surface area contributed by atoms with Crippen LogP contribution in [0.1, 0.15) is 40.9 Å². The standard InChI is InChI=1S/C24H23N5O2/c1-15-25-14-18(22(26-15)16-7-4-3-5-8-16)24(30)29-12-6-9-21(29)23-27-19-11-10-17(31-2)13-20(19)28-23/h3-5,7-8,10-11,13-14,21H,6,9,12H2,1-2H3,(H,27,28). The van der Waals surface area contributed by atoms with Crippen molar-refractivity contribution in [3.05, 3.63) is 71.9 Å². The second kappa shape index (κ2) is 7.83. The molecule has 2 aromatic heterocycles. The van der Waals surface area contributed by atoms with E-state index in [9.17, 15) is 4.79 Å². The van der Waals surface area contributed by atoms with Gasteiger partial charge in [0.15, 0.2) is 0 Å². The minimum Gasteiger partial charge on any atom is -0.497 e. The lowest BCUT2D eigenvalue weighted by Gasteiger charge is -2.24. The Morgan fingerprint density at radius 2 is 2.00 bits per heavy atom. The summed E-state index contributed by atoms with van der Waals surface area (Å²) >= 11 is 0. The van der Waals surface area contributed by atoms with E-state index < -0.39 is 0 Å². The highest BCUT2D eigenvalue weighted by atomic mass is 16.5. The van der Waals surface area contributed by atoms with Crippen LogP contribution in [0.15, 0.2) is 54.7 Å². The van der Waals surface area contributed by atoms with E-state index in [1.807, 2.05) is 60.4 Å². The molecule has 156 valence electrons. The molecule has 2 aromatic carbocycles. The van der Waals surface area contributed by atoms with Gasteiger partial charge in [-0.1, -0.05) is 30.3 Å². The van der Waals surface area contributed by atoms with Crippen LogP contribution in [0.5, 0.6) is 5.75 Å². The van der Waals surface area contributed by atoms with Crippen LogP contribution in [-0.4, -0.2) is 44.4 Å².